The molecule has 0 radical (unpaired) electrons. The van der Waals surface area contributed by atoms with Crippen LogP contribution in [0.25, 0.3) is 11.3 Å². The molecule has 0 amide bonds. The minimum atomic E-state index is -0.869. The summed E-state index contributed by atoms with van der Waals surface area (Å²) in [5, 5.41) is 2.55. The predicted molar refractivity (Wildman–Crippen MR) is 218 cm³/mol. The van der Waals surface area contributed by atoms with Crippen LogP contribution >= 0.6 is 7.92 Å². The zero-order chi connectivity index (χ0) is 34.2. The third-order valence-corrected chi connectivity index (χ3v) is 11.1. The molecule has 0 spiro atoms. The average Bonchev–Trinajstić information content (AvgIpc) is 3.21. The molecule has 7 aromatic carbocycles. The number of pyridine rings is 1. The van der Waals surface area contributed by atoms with E-state index in [1.165, 1.54) is 10.6 Å². The number of benzene rings is 7. The second kappa shape index (κ2) is 15.1. The summed E-state index contributed by atoms with van der Waals surface area (Å²) in [6.45, 7) is 0. The zero-order valence-corrected chi connectivity index (χ0v) is 29.0. The van der Waals surface area contributed by atoms with Gasteiger partial charge in [0, 0.05) is 47.6 Å². The Kier molecular flexibility index (Phi) is 9.45. The van der Waals surface area contributed by atoms with Crippen LogP contribution in [0.1, 0.15) is 0 Å². The maximum Gasteiger partial charge on any atom is 0.0728 e. The van der Waals surface area contributed by atoms with Crippen molar-refractivity contribution >= 4 is 58.1 Å². The van der Waals surface area contributed by atoms with Crippen molar-refractivity contribution in [2.75, 3.05) is 9.80 Å². The van der Waals surface area contributed by atoms with Crippen molar-refractivity contribution in [1.29, 1.82) is 0 Å². The first-order valence-corrected chi connectivity index (χ1v) is 18.5. The quantitative estimate of drug-likeness (QED) is 0.135. The number of rotatable bonds is 10. The molecular weight excluding hydrogens is 638 g/mol. The molecule has 1 aromatic heterocycles. The molecule has 4 heteroatoms. The van der Waals surface area contributed by atoms with Crippen molar-refractivity contribution in [1.82, 2.24) is 4.98 Å². The molecule has 0 aliphatic rings. The first kappa shape index (κ1) is 32.0. The Balaban J connectivity index is 1.35. The number of hydrogen-bond acceptors (Lipinski definition) is 3. The van der Waals surface area contributed by atoms with Crippen LogP contribution in [0.15, 0.2) is 218 Å². The van der Waals surface area contributed by atoms with Gasteiger partial charge in [-0.3, -0.25) is 0 Å². The normalized spacial score (nSPS) is 10.9. The number of anilines is 6. The van der Waals surface area contributed by atoms with E-state index in [9.17, 15) is 0 Å². The number of hydrogen-bond donors (Lipinski definition) is 0. The van der Waals surface area contributed by atoms with Crippen molar-refractivity contribution in [3.8, 4) is 11.3 Å². The van der Waals surface area contributed by atoms with Crippen LogP contribution in [0.4, 0.5) is 34.1 Å². The lowest BCUT2D eigenvalue weighted by molar-refractivity contribution is 1.24. The van der Waals surface area contributed by atoms with Crippen LogP contribution < -0.4 is 25.8 Å². The molecule has 0 N–H and O–H groups in total. The van der Waals surface area contributed by atoms with Gasteiger partial charge in [0.25, 0.3) is 0 Å². The van der Waals surface area contributed by atoms with E-state index in [0.717, 1.165) is 50.8 Å². The van der Waals surface area contributed by atoms with Gasteiger partial charge in [-0.15, -0.1) is 0 Å². The molecule has 51 heavy (non-hydrogen) atoms. The maximum absolute atomic E-state index is 5.48. The van der Waals surface area contributed by atoms with Crippen molar-refractivity contribution in [3.63, 3.8) is 0 Å². The molecule has 8 aromatic rings. The molecular formula is C47H36N3P. The minimum absolute atomic E-state index is 0.869. The van der Waals surface area contributed by atoms with Crippen molar-refractivity contribution in [3.05, 3.63) is 218 Å². The average molecular weight is 674 g/mol. The van der Waals surface area contributed by atoms with Crippen LogP contribution in [0, 0.1) is 0 Å². The van der Waals surface area contributed by atoms with Crippen molar-refractivity contribution < 1.29 is 0 Å². The van der Waals surface area contributed by atoms with Crippen LogP contribution in [-0.4, -0.2) is 4.98 Å². The standard InChI is InChI=1S/C47H36N3P/c1-7-20-38(21-8-1)49(39-22-9-2-10-23-39)42-34-37(35-43(36-42)50(40-24-11-3-12-25-40)41-26-13-4-14-27-41)46-32-19-33-47(48-46)51(44-28-15-5-16-29-44)45-30-17-6-18-31-45/h1-36H. The van der Waals surface area contributed by atoms with Crippen LogP contribution in [0.3, 0.4) is 0 Å². The molecule has 0 saturated carbocycles. The van der Waals surface area contributed by atoms with E-state index in [2.05, 4.69) is 228 Å². The molecule has 244 valence electrons. The Morgan fingerprint density at radius 1 is 0.314 bits per heavy atom. The molecule has 0 atom stereocenters. The maximum atomic E-state index is 5.48. The highest BCUT2D eigenvalue weighted by molar-refractivity contribution is 7.79. The third-order valence-electron chi connectivity index (χ3n) is 8.76. The lowest BCUT2D eigenvalue weighted by Gasteiger charge is -2.30. The Morgan fingerprint density at radius 3 is 1.04 bits per heavy atom. The summed E-state index contributed by atoms with van der Waals surface area (Å²) in [5.74, 6) is 0. The molecule has 0 aliphatic heterocycles. The monoisotopic (exact) mass is 673 g/mol. The topological polar surface area (TPSA) is 19.4 Å². The van der Waals surface area contributed by atoms with Gasteiger partial charge in [-0.2, -0.15) is 0 Å². The Bertz CT molecular complexity index is 2080. The fourth-order valence-electron chi connectivity index (χ4n) is 6.48. The van der Waals surface area contributed by atoms with Gasteiger partial charge in [0.1, 0.15) is 0 Å². The predicted octanol–water partition coefficient (Wildman–Crippen LogP) is 11.4. The summed E-state index contributed by atoms with van der Waals surface area (Å²) in [4.78, 5) is 10.1. The summed E-state index contributed by atoms with van der Waals surface area (Å²) >= 11 is 0. The summed E-state index contributed by atoms with van der Waals surface area (Å²) < 4.78 is 0. The Labute approximate surface area is 301 Å². The molecule has 0 aliphatic carbocycles. The minimum Gasteiger partial charge on any atom is -0.310 e. The van der Waals surface area contributed by atoms with Gasteiger partial charge in [0.05, 0.1) is 11.1 Å². The second-order valence-electron chi connectivity index (χ2n) is 12.1. The van der Waals surface area contributed by atoms with E-state index in [1.807, 2.05) is 0 Å². The second-order valence-corrected chi connectivity index (χ2v) is 14.3. The van der Waals surface area contributed by atoms with E-state index in [1.54, 1.807) is 0 Å². The van der Waals surface area contributed by atoms with Gasteiger partial charge in [0.15, 0.2) is 0 Å². The molecule has 3 nitrogen and oxygen atoms in total. The fourth-order valence-corrected chi connectivity index (χ4v) is 8.69. The largest absolute Gasteiger partial charge is 0.310 e. The third kappa shape index (κ3) is 7.07. The summed E-state index contributed by atoms with van der Waals surface area (Å²) in [5.41, 5.74) is 9.43. The summed E-state index contributed by atoms with van der Waals surface area (Å²) in [7, 11) is -0.869. The Hall–Kier alpha value is -6.28. The lowest BCUT2D eigenvalue weighted by Crippen LogP contribution is -2.23. The van der Waals surface area contributed by atoms with Gasteiger partial charge in [-0.05, 0) is 89.5 Å². The van der Waals surface area contributed by atoms with E-state index in [4.69, 9.17) is 4.98 Å². The first-order valence-electron chi connectivity index (χ1n) is 17.1. The highest BCUT2D eigenvalue weighted by Gasteiger charge is 2.21. The van der Waals surface area contributed by atoms with Crippen LogP contribution in [0.5, 0.6) is 0 Å². The van der Waals surface area contributed by atoms with Gasteiger partial charge in [0.2, 0.25) is 0 Å². The SMILES string of the molecule is c1ccc(N(c2ccccc2)c2cc(-c3cccc(P(c4ccccc4)c4ccccc4)n3)cc(N(c3ccccc3)c3ccccc3)c2)cc1. The summed E-state index contributed by atoms with van der Waals surface area (Å²) in [6.07, 6.45) is 0. The van der Waals surface area contributed by atoms with E-state index in [0.29, 0.717) is 0 Å². The first-order chi connectivity index (χ1) is 25.3. The van der Waals surface area contributed by atoms with E-state index >= 15 is 0 Å². The highest BCUT2D eigenvalue weighted by Crippen LogP contribution is 2.43. The van der Waals surface area contributed by atoms with Crippen molar-refractivity contribution in [2.45, 2.75) is 0 Å². The van der Waals surface area contributed by atoms with Crippen LogP contribution in [-0.2, 0) is 0 Å². The smallest absolute Gasteiger partial charge is 0.0728 e. The zero-order valence-electron chi connectivity index (χ0n) is 28.1. The van der Waals surface area contributed by atoms with E-state index in [-0.39, 0.29) is 0 Å². The Morgan fingerprint density at radius 2 is 0.667 bits per heavy atom. The number of para-hydroxylation sites is 4. The molecule has 0 unspecified atom stereocenters. The number of aromatic nitrogens is 1. The fraction of sp³-hybridized carbons (Fsp3) is 0. The molecule has 0 saturated heterocycles. The van der Waals surface area contributed by atoms with Crippen LogP contribution in [0.2, 0.25) is 0 Å². The highest BCUT2D eigenvalue weighted by atomic mass is 31.1. The lowest BCUT2D eigenvalue weighted by atomic mass is 10.1. The van der Waals surface area contributed by atoms with Gasteiger partial charge in [-0.25, -0.2) is 4.98 Å². The molecule has 1 heterocycles. The van der Waals surface area contributed by atoms with Gasteiger partial charge < -0.3 is 9.80 Å². The van der Waals surface area contributed by atoms with Crippen molar-refractivity contribution in [2.24, 2.45) is 0 Å². The van der Waals surface area contributed by atoms with E-state index < -0.39 is 7.92 Å². The van der Waals surface area contributed by atoms with Gasteiger partial charge >= 0.3 is 0 Å². The molecule has 0 bridgehead atoms. The number of nitrogens with zero attached hydrogens (tertiary/aromatic N) is 3. The van der Waals surface area contributed by atoms with Gasteiger partial charge in [-0.1, -0.05) is 140 Å². The summed E-state index contributed by atoms with van der Waals surface area (Å²) in [6, 6.07) is 77.2. The molecule has 8 rings (SSSR count). The molecule has 0 fully saturated rings.